The van der Waals surface area contributed by atoms with E-state index in [0.717, 1.165) is 25.4 Å². The largest absolute Gasteiger partial charge is 0.386 e. The molecule has 3 aliphatic rings. The van der Waals surface area contributed by atoms with Crippen molar-refractivity contribution < 1.29 is 9.84 Å². The van der Waals surface area contributed by atoms with Gasteiger partial charge >= 0.3 is 0 Å². The average molecular weight is 306 g/mol. The summed E-state index contributed by atoms with van der Waals surface area (Å²) >= 11 is 0. The second-order valence-corrected chi connectivity index (χ2v) is 9.45. The van der Waals surface area contributed by atoms with Gasteiger partial charge in [-0.1, -0.05) is 33.3 Å². The zero-order valence-corrected chi connectivity index (χ0v) is 15.0. The van der Waals surface area contributed by atoms with E-state index in [1.54, 1.807) is 6.08 Å². The SMILES string of the molecule is C=C[C@](C)(O)CC[C@H]1C2(CCC3C(C)(C)CCCC31C)CO2. The summed E-state index contributed by atoms with van der Waals surface area (Å²) in [5, 5.41) is 10.4. The van der Waals surface area contributed by atoms with E-state index in [-0.39, 0.29) is 5.60 Å². The van der Waals surface area contributed by atoms with Crippen LogP contribution in [0.2, 0.25) is 0 Å². The van der Waals surface area contributed by atoms with Gasteiger partial charge in [-0.05, 0) is 68.1 Å². The Morgan fingerprint density at radius 3 is 2.55 bits per heavy atom. The number of fused-ring (bicyclic) bond motifs is 1. The molecule has 3 unspecified atom stereocenters. The van der Waals surface area contributed by atoms with E-state index in [0.29, 0.717) is 16.7 Å². The first-order chi connectivity index (χ1) is 10.2. The van der Waals surface area contributed by atoms with Crippen molar-refractivity contribution in [3.63, 3.8) is 0 Å². The third-order valence-corrected chi connectivity index (χ3v) is 7.46. The van der Waals surface area contributed by atoms with Crippen LogP contribution in [0.4, 0.5) is 0 Å². The molecule has 2 nitrogen and oxygen atoms in total. The van der Waals surface area contributed by atoms with Gasteiger partial charge in [-0.15, -0.1) is 6.58 Å². The molecule has 126 valence electrons. The lowest BCUT2D eigenvalue weighted by atomic mass is 9.45. The third kappa shape index (κ3) is 2.57. The van der Waals surface area contributed by atoms with Crippen LogP contribution in [0, 0.1) is 22.7 Å². The summed E-state index contributed by atoms with van der Waals surface area (Å²) in [6.07, 6.45) is 10.1. The first kappa shape index (κ1) is 16.5. The Morgan fingerprint density at radius 1 is 1.27 bits per heavy atom. The topological polar surface area (TPSA) is 32.8 Å². The number of hydrogen-bond acceptors (Lipinski definition) is 2. The van der Waals surface area contributed by atoms with Crippen molar-refractivity contribution in [2.24, 2.45) is 22.7 Å². The molecule has 0 amide bonds. The van der Waals surface area contributed by atoms with Gasteiger partial charge in [0.15, 0.2) is 0 Å². The Kier molecular flexibility index (Phi) is 3.81. The molecule has 2 heteroatoms. The van der Waals surface area contributed by atoms with Crippen LogP contribution in [0.3, 0.4) is 0 Å². The molecule has 0 aromatic carbocycles. The van der Waals surface area contributed by atoms with Crippen LogP contribution in [-0.4, -0.2) is 22.9 Å². The van der Waals surface area contributed by atoms with Crippen molar-refractivity contribution in [1.29, 1.82) is 0 Å². The van der Waals surface area contributed by atoms with E-state index >= 15 is 0 Å². The summed E-state index contributed by atoms with van der Waals surface area (Å²) < 4.78 is 6.02. The second-order valence-electron chi connectivity index (χ2n) is 9.45. The standard InChI is InChI=1S/C20H34O2/c1-6-18(4,21)12-8-16-19(5)11-7-10-17(2,3)15(19)9-13-20(16)14-22-20/h6,15-16,21H,1,7-14H2,2-5H3/t15?,16-,18+,19?,20?/m1/s1. The number of ether oxygens (including phenoxy) is 1. The lowest BCUT2D eigenvalue weighted by molar-refractivity contribution is -0.111. The van der Waals surface area contributed by atoms with Crippen LogP contribution in [-0.2, 0) is 4.74 Å². The van der Waals surface area contributed by atoms with Gasteiger partial charge in [-0.2, -0.15) is 0 Å². The Morgan fingerprint density at radius 2 is 1.95 bits per heavy atom. The molecule has 1 spiro atoms. The van der Waals surface area contributed by atoms with Crippen LogP contribution in [0.5, 0.6) is 0 Å². The van der Waals surface area contributed by atoms with Gasteiger partial charge < -0.3 is 9.84 Å². The van der Waals surface area contributed by atoms with Crippen LogP contribution in [0.1, 0.15) is 72.6 Å². The molecule has 3 rings (SSSR count). The summed E-state index contributed by atoms with van der Waals surface area (Å²) in [6, 6.07) is 0. The molecule has 0 bridgehead atoms. The van der Waals surface area contributed by atoms with Gasteiger partial charge in [0.2, 0.25) is 0 Å². The molecule has 1 aliphatic heterocycles. The number of hydrogen-bond donors (Lipinski definition) is 1. The summed E-state index contributed by atoms with van der Waals surface area (Å²) in [5.41, 5.74) is 0.204. The van der Waals surface area contributed by atoms with Crippen molar-refractivity contribution in [2.45, 2.75) is 83.8 Å². The van der Waals surface area contributed by atoms with Gasteiger partial charge in [0.05, 0.1) is 17.8 Å². The lowest BCUT2D eigenvalue weighted by Gasteiger charge is -2.59. The van der Waals surface area contributed by atoms with E-state index in [1.807, 2.05) is 6.92 Å². The first-order valence-electron chi connectivity index (χ1n) is 9.15. The summed E-state index contributed by atoms with van der Waals surface area (Å²) in [6.45, 7) is 14.1. The Hall–Kier alpha value is -0.340. The highest BCUT2D eigenvalue weighted by Crippen LogP contribution is 2.66. The number of epoxide rings is 1. The molecule has 2 saturated carbocycles. The second kappa shape index (κ2) is 5.08. The molecular weight excluding hydrogens is 272 g/mol. The van der Waals surface area contributed by atoms with E-state index in [4.69, 9.17) is 4.74 Å². The van der Waals surface area contributed by atoms with Crippen LogP contribution >= 0.6 is 0 Å². The molecule has 2 aliphatic carbocycles. The number of aliphatic hydroxyl groups is 1. The molecule has 5 atom stereocenters. The average Bonchev–Trinajstić information content (AvgIpc) is 3.17. The van der Waals surface area contributed by atoms with Crippen molar-refractivity contribution >= 4 is 0 Å². The summed E-state index contributed by atoms with van der Waals surface area (Å²) in [5.74, 6) is 1.38. The Bertz CT molecular complexity index is 447. The molecule has 0 aromatic rings. The van der Waals surface area contributed by atoms with E-state index < -0.39 is 5.60 Å². The number of rotatable bonds is 4. The van der Waals surface area contributed by atoms with Crippen LogP contribution in [0.15, 0.2) is 12.7 Å². The highest BCUT2D eigenvalue weighted by Gasteiger charge is 2.64. The van der Waals surface area contributed by atoms with Crippen LogP contribution in [0.25, 0.3) is 0 Å². The predicted molar refractivity (Wildman–Crippen MR) is 90.7 cm³/mol. The molecule has 1 heterocycles. The van der Waals surface area contributed by atoms with Gasteiger partial charge in [0.1, 0.15) is 0 Å². The monoisotopic (exact) mass is 306 g/mol. The lowest BCUT2D eigenvalue weighted by Crippen LogP contribution is -2.54. The summed E-state index contributed by atoms with van der Waals surface area (Å²) in [4.78, 5) is 0. The van der Waals surface area contributed by atoms with Gasteiger partial charge in [0, 0.05) is 0 Å². The van der Waals surface area contributed by atoms with Crippen molar-refractivity contribution in [1.82, 2.24) is 0 Å². The Labute approximate surface area is 136 Å². The minimum Gasteiger partial charge on any atom is -0.386 e. The normalized spacial score (nSPS) is 45.9. The van der Waals surface area contributed by atoms with Gasteiger partial charge in [0.25, 0.3) is 0 Å². The minimum absolute atomic E-state index is 0.135. The van der Waals surface area contributed by atoms with E-state index in [1.165, 1.54) is 32.1 Å². The molecule has 1 N–H and O–H groups in total. The molecule has 0 radical (unpaired) electrons. The van der Waals surface area contributed by atoms with Crippen molar-refractivity contribution in [3.8, 4) is 0 Å². The van der Waals surface area contributed by atoms with Crippen LogP contribution < -0.4 is 0 Å². The molecule has 1 saturated heterocycles. The smallest absolute Gasteiger partial charge is 0.0949 e. The maximum atomic E-state index is 10.4. The fourth-order valence-electron chi connectivity index (χ4n) is 6.04. The fraction of sp³-hybridized carbons (Fsp3) is 0.900. The Balaban J connectivity index is 1.85. The first-order valence-corrected chi connectivity index (χ1v) is 9.15. The fourth-order valence-corrected chi connectivity index (χ4v) is 6.04. The zero-order chi connectivity index (χ0) is 16.2. The maximum Gasteiger partial charge on any atom is 0.0949 e. The van der Waals surface area contributed by atoms with Gasteiger partial charge in [-0.25, -0.2) is 0 Å². The summed E-state index contributed by atoms with van der Waals surface area (Å²) in [7, 11) is 0. The van der Waals surface area contributed by atoms with E-state index in [2.05, 4.69) is 27.4 Å². The minimum atomic E-state index is -0.746. The zero-order valence-electron chi connectivity index (χ0n) is 15.0. The third-order valence-electron chi connectivity index (χ3n) is 7.46. The molecule has 0 aromatic heterocycles. The van der Waals surface area contributed by atoms with Gasteiger partial charge in [-0.3, -0.25) is 0 Å². The maximum absolute atomic E-state index is 10.4. The van der Waals surface area contributed by atoms with Crippen molar-refractivity contribution in [3.05, 3.63) is 12.7 Å². The highest BCUT2D eigenvalue weighted by molar-refractivity contribution is 5.13. The quantitative estimate of drug-likeness (QED) is 0.602. The van der Waals surface area contributed by atoms with Crippen molar-refractivity contribution in [2.75, 3.05) is 6.61 Å². The molecule has 3 fully saturated rings. The van der Waals surface area contributed by atoms with E-state index in [9.17, 15) is 5.11 Å². The predicted octanol–water partition coefficient (Wildman–Crippen LogP) is 4.72. The molecule has 22 heavy (non-hydrogen) atoms. The highest BCUT2D eigenvalue weighted by atomic mass is 16.6. The molecular formula is C20H34O2.